The molecule has 0 amide bonds. The Hall–Kier alpha value is -2.19. The Morgan fingerprint density at radius 1 is 1.09 bits per heavy atom. The Kier molecular flexibility index (Phi) is 4.49. The van der Waals surface area contributed by atoms with E-state index >= 15 is 0 Å². The lowest BCUT2D eigenvalue weighted by molar-refractivity contribution is -0.218. The van der Waals surface area contributed by atoms with Crippen molar-refractivity contribution in [3.63, 3.8) is 0 Å². The van der Waals surface area contributed by atoms with Crippen LogP contribution in [0.25, 0.3) is 0 Å². The second-order valence-electron chi connectivity index (χ2n) is 12.4. The summed E-state index contributed by atoms with van der Waals surface area (Å²) in [7, 11) is 1.39. The highest BCUT2D eigenvalue weighted by Gasteiger charge is 2.88. The molecule has 1 aromatic heterocycles. The van der Waals surface area contributed by atoms with Crippen molar-refractivity contribution in [2.75, 3.05) is 13.7 Å². The zero-order valence-corrected chi connectivity index (χ0v) is 21.2. The molecule has 8 heteroatoms. The topological polar surface area (TPSA) is 105 Å². The lowest BCUT2D eigenvalue weighted by Crippen LogP contribution is -2.70. The van der Waals surface area contributed by atoms with Crippen LogP contribution in [0.1, 0.15) is 65.5 Å². The number of cyclic esters (lactones) is 1. The van der Waals surface area contributed by atoms with Crippen molar-refractivity contribution in [2.24, 2.45) is 33.5 Å². The maximum absolute atomic E-state index is 13.9. The molecule has 9 atom stereocenters. The minimum absolute atomic E-state index is 0.0617. The summed E-state index contributed by atoms with van der Waals surface area (Å²) in [6.07, 6.45) is 3.08. The summed E-state index contributed by atoms with van der Waals surface area (Å²) in [4.78, 5) is 40.1. The third-order valence-electron chi connectivity index (χ3n) is 11.0. The van der Waals surface area contributed by atoms with Gasteiger partial charge in [0.15, 0.2) is 6.10 Å². The van der Waals surface area contributed by atoms with E-state index in [1.54, 1.807) is 18.6 Å². The molecule has 1 aromatic rings. The number of hydrogen-bond donors (Lipinski definition) is 0. The quantitative estimate of drug-likeness (QED) is 0.471. The lowest BCUT2D eigenvalue weighted by Gasteiger charge is -2.62. The zero-order chi connectivity index (χ0) is 25.2. The third-order valence-corrected chi connectivity index (χ3v) is 11.0. The fourth-order valence-corrected chi connectivity index (χ4v) is 9.05. The minimum atomic E-state index is -1.16. The van der Waals surface area contributed by atoms with Gasteiger partial charge in [-0.3, -0.25) is 9.59 Å². The van der Waals surface area contributed by atoms with Crippen LogP contribution in [0.4, 0.5) is 0 Å². The smallest absolute Gasteiger partial charge is 0.339 e. The largest absolute Gasteiger partial charge is 0.472 e. The van der Waals surface area contributed by atoms with Crippen molar-refractivity contribution < 1.29 is 37.7 Å². The zero-order valence-electron chi connectivity index (χ0n) is 21.2. The van der Waals surface area contributed by atoms with E-state index in [1.807, 2.05) is 20.8 Å². The molecule has 4 heterocycles. The van der Waals surface area contributed by atoms with Crippen LogP contribution >= 0.6 is 0 Å². The van der Waals surface area contributed by atoms with Gasteiger partial charge in [-0.15, -0.1) is 0 Å². The molecule has 8 nitrogen and oxygen atoms in total. The van der Waals surface area contributed by atoms with Crippen LogP contribution in [0.15, 0.2) is 23.0 Å². The standard InChI is InChI=1S/C27H34O8/c1-23(2)16-13-33-18(11-17(23)28)25(16,4)15-7-9-24(3)19(14-8-10-32-12-14)34-21(29)20-27(24,35-20)26(15,5)22(30)31-6/h8,10,12,15-16,18-20H,7,9,11,13H2,1-6H3/t15-,16+,18-,19+,20-,24+,25-,26+,27-/m1/s1. The Morgan fingerprint density at radius 2 is 1.83 bits per heavy atom. The SMILES string of the molecule is COC(=O)[C@]1(C)[C@@H]([C@@]2(C)[C@H]3CC(=O)C(C)(C)[C@@H]2CO3)CC[C@@]2(C)[C@H](c3ccoc3)OC(=O)[C@H]3O[C@]321. The predicted octanol–water partition coefficient (Wildman–Crippen LogP) is 3.63. The summed E-state index contributed by atoms with van der Waals surface area (Å²) in [6.45, 7) is 10.6. The number of epoxide rings is 1. The van der Waals surface area contributed by atoms with E-state index in [0.29, 0.717) is 25.9 Å². The molecule has 5 aliphatic rings. The van der Waals surface area contributed by atoms with Crippen LogP contribution in [0.2, 0.25) is 0 Å². The van der Waals surface area contributed by atoms with Crippen LogP contribution < -0.4 is 0 Å². The normalized spacial score (nSPS) is 49.6. The molecule has 2 aliphatic carbocycles. The van der Waals surface area contributed by atoms with Crippen molar-refractivity contribution in [1.82, 2.24) is 0 Å². The third kappa shape index (κ3) is 2.39. The second-order valence-corrected chi connectivity index (χ2v) is 12.4. The van der Waals surface area contributed by atoms with E-state index in [-0.39, 0.29) is 23.7 Å². The molecule has 0 radical (unpaired) electrons. The highest BCUT2D eigenvalue weighted by molar-refractivity contribution is 5.89. The average Bonchev–Trinajstić information content (AvgIpc) is 3.26. The van der Waals surface area contributed by atoms with E-state index in [4.69, 9.17) is 23.4 Å². The number of methoxy groups -OCH3 is 1. The first-order valence-corrected chi connectivity index (χ1v) is 12.5. The van der Waals surface area contributed by atoms with Gasteiger partial charge in [0.05, 0.1) is 32.3 Å². The highest BCUT2D eigenvalue weighted by atomic mass is 16.7. The lowest BCUT2D eigenvalue weighted by atomic mass is 9.39. The van der Waals surface area contributed by atoms with Gasteiger partial charge >= 0.3 is 11.9 Å². The van der Waals surface area contributed by atoms with Gasteiger partial charge in [-0.05, 0) is 31.7 Å². The van der Waals surface area contributed by atoms with E-state index in [2.05, 4.69) is 13.8 Å². The molecule has 35 heavy (non-hydrogen) atoms. The Labute approximate surface area is 205 Å². The number of ketones is 1. The molecule has 2 saturated carbocycles. The summed E-state index contributed by atoms with van der Waals surface area (Å²) in [5.41, 5.74) is -3.23. The molecule has 3 saturated heterocycles. The number of rotatable bonds is 3. The molecule has 2 bridgehead atoms. The number of carbonyl (C=O) groups is 3. The molecule has 0 aromatic carbocycles. The summed E-state index contributed by atoms with van der Waals surface area (Å²) in [5.74, 6) is -0.947. The highest BCUT2D eigenvalue weighted by Crippen LogP contribution is 2.77. The number of fused-ring (bicyclic) bond motifs is 2. The molecular formula is C27H34O8. The van der Waals surface area contributed by atoms with Gasteiger partial charge in [0.25, 0.3) is 0 Å². The van der Waals surface area contributed by atoms with Gasteiger partial charge in [-0.1, -0.05) is 27.7 Å². The maximum atomic E-state index is 13.9. The van der Waals surface area contributed by atoms with E-state index in [0.717, 1.165) is 5.56 Å². The van der Waals surface area contributed by atoms with Crippen molar-refractivity contribution in [3.05, 3.63) is 24.2 Å². The van der Waals surface area contributed by atoms with E-state index in [9.17, 15) is 14.4 Å². The number of ether oxygens (including phenoxy) is 4. The Balaban J connectivity index is 1.53. The van der Waals surface area contributed by atoms with Crippen molar-refractivity contribution in [1.29, 1.82) is 0 Å². The summed E-state index contributed by atoms with van der Waals surface area (Å²) in [6, 6.07) is 1.80. The summed E-state index contributed by atoms with van der Waals surface area (Å²) in [5, 5.41) is 0. The molecule has 0 N–H and O–H groups in total. The predicted molar refractivity (Wildman–Crippen MR) is 121 cm³/mol. The van der Waals surface area contributed by atoms with E-state index in [1.165, 1.54) is 7.11 Å². The molecule has 1 spiro atoms. The van der Waals surface area contributed by atoms with Crippen molar-refractivity contribution in [2.45, 2.75) is 77.8 Å². The first-order chi connectivity index (χ1) is 16.4. The molecular weight excluding hydrogens is 452 g/mol. The number of esters is 2. The van der Waals surface area contributed by atoms with Gasteiger partial charge in [0, 0.05) is 34.1 Å². The van der Waals surface area contributed by atoms with Gasteiger partial charge in [0.1, 0.15) is 22.9 Å². The molecule has 0 unspecified atom stereocenters. The summed E-state index contributed by atoms with van der Waals surface area (Å²) < 4.78 is 29.3. The van der Waals surface area contributed by atoms with Crippen LogP contribution in [0.3, 0.4) is 0 Å². The van der Waals surface area contributed by atoms with Gasteiger partial charge in [0.2, 0.25) is 0 Å². The minimum Gasteiger partial charge on any atom is -0.472 e. The average molecular weight is 487 g/mol. The Morgan fingerprint density at radius 3 is 2.49 bits per heavy atom. The fourth-order valence-electron chi connectivity index (χ4n) is 9.05. The van der Waals surface area contributed by atoms with Crippen molar-refractivity contribution in [3.8, 4) is 0 Å². The molecule has 6 rings (SSSR count). The van der Waals surface area contributed by atoms with Gasteiger partial charge < -0.3 is 23.4 Å². The van der Waals surface area contributed by atoms with Gasteiger partial charge in [-0.25, -0.2) is 4.79 Å². The number of carbonyl (C=O) groups excluding carboxylic acids is 3. The Bertz CT molecular complexity index is 1110. The van der Waals surface area contributed by atoms with E-state index < -0.39 is 51.4 Å². The molecule has 5 fully saturated rings. The number of hydrogen-bond acceptors (Lipinski definition) is 8. The number of furan rings is 1. The molecule has 190 valence electrons. The maximum Gasteiger partial charge on any atom is 0.339 e. The first kappa shape index (κ1) is 23.2. The van der Waals surface area contributed by atoms with Crippen LogP contribution in [0, 0.1) is 33.5 Å². The van der Waals surface area contributed by atoms with Crippen LogP contribution in [-0.4, -0.2) is 49.2 Å². The number of Topliss-reactive ketones (excluding diaryl/α,β-unsaturated/α-hetero) is 1. The first-order valence-electron chi connectivity index (χ1n) is 12.5. The fraction of sp³-hybridized carbons (Fsp3) is 0.741. The monoisotopic (exact) mass is 486 g/mol. The van der Waals surface area contributed by atoms with Crippen LogP contribution in [-0.2, 0) is 33.3 Å². The van der Waals surface area contributed by atoms with Crippen LogP contribution in [0.5, 0.6) is 0 Å². The van der Waals surface area contributed by atoms with Crippen molar-refractivity contribution >= 4 is 17.7 Å². The van der Waals surface area contributed by atoms with Gasteiger partial charge in [-0.2, -0.15) is 0 Å². The second kappa shape index (κ2) is 6.76. The summed E-state index contributed by atoms with van der Waals surface area (Å²) >= 11 is 0. The molecule has 3 aliphatic heterocycles.